The third-order valence-corrected chi connectivity index (χ3v) is 5.80. The van der Waals surface area contributed by atoms with Gasteiger partial charge in [0.2, 0.25) is 0 Å². The summed E-state index contributed by atoms with van der Waals surface area (Å²) in [5.41, 5.74) is 2.07. The van der Waals surface area contributed by atoms with E-state index in [-0.39, 0.29) is 13.2 Å². The highest BCUT2D eigenvalue weighted by Crippen LogP contribution is 2.26. The first-order chi connectivity index (χ1) is 14.6. The molecule has 1 aliphatic rings. The van der Waals surface area contributed by atoms with Gasteiger partial charge in [0.1, 0.15) is 24.3 Å². The molecule has 0 spiro atoms. The van der Waals surface area contributed by atoms with E-state index in [0.717, 1.165) is 59.4 Å². The highest BCUT2D eigenvalue weighted by molar-refractivity contribution is 5.88. The second-order valence-corrected chi connectivity index (χ2v) is 8.13. The number of hydrogen-bond acceptors (Lipinski definition) is 6. The highest BCUT2D eigenvalue weighted by atomic mass is 16.5. The van der Waals surface area contributed by atoms with Crippen molar-refractivity contribution in [2.24, 2.45) is 5.92 Å². The van der Waals surface area contributed by atoms with E-state index in [1.54, 1.807) is 0 Å². The number of aromatic nitrogens is 2. The van der Waals surface area contributed by atoms with E-state index in [1.165, 1.54) is 0 Å². The summed E-state index contributed by atoms with van der Waals surface area (Å²) in [4.78, 5) is 10.8. The van der Waals surface area contributed by atoms with Crippen LogP contribution in [0.15, 0.2) is 48.8 Å². The molecule has 2 aromatic carbocycles. The molecule has 158 valence electrons. The van der Waals surface area contributed by atoms with Crippen LogP contribution in [-0.2, 0) is 0 Å². The number of piperidine rings is 1. The van der Waals surface area contributed by atoms with Crippen LogP contribution in [0.5, 0.6) is 5.75 Å². The summed E-state index contributed by atoms with van der Waals surface area (Å²) in [5, 5.41) is 21.8. The Morgan fingerprint density at radius 2 is 1.73 bits per heavy atom. The zero-order valence-electron chi connectivity index (χ0n) is 17.4. The van der Waals surface area contributed by atoms with Gasteiger partial charge < -0.3 is 19.8 Å². The SMILES string of the molecule is Cc1ncc(-c2ccc3cc(OCC(O)CN4CCC(CO)CC4)ccc3c2)cn1. The molecule has 3 aromatic rings. The quantitative estimate of drug-likeness (QED) is 0.627. The molecule has 0 saturated carbocycles. The van der Waals surface area contributed by atoms with E-state index in [2.05, 4.69) is 33.1 Å². The molecule has 1 saturated heterocycles. The smallest absolute Gasteiger partial charge is 0.125 e. The Bertz CT molecular complexity index is 969. The lowest BCUT2D eigenvalue weighted by atomic mass is 9.98. The number of β-amino-alcohol motifs (C(OH)–C–C–N with tert-alkyl or cyclic N) is 1. The zero-order valence-corrected chi connectivity index (χ0v) is 17.4. The van der Waals surface area contributed by atoms with Gasteiger partial charge in [-0.3, -0.25) is 0 Å². The zero-order chi connectivity index (χ0) is 20.9. The van der Waals surface area contributed by atoms with Crippen LogP contribution < -0.4 is 4.74 Å². The summed E-state index contributed by atoms with van der Waals surface area (Å²) in [5.74, 6) is 1.93. The lowest BCUT2D eigenvalue weighted by molar-refractivity contribution is 0.0489. The van der Waals surface area contributed by atoms with Crippen molar-refractivity contribution < 1.29 is 14.9 Å². The largest absolute Gasteiger partial charge is 0.491 e. The molecule has 6 nitrogen and oxygen atoms in total. The average Bonchev–Trinajstić information content (AvgIpc) is 2.78. The first-order valence-corrected chi connectivity index (χ1v) is 10.6. The van der Waals surface area contributed by atoms with Crippen LogP contribution in [0.2, 0.25) is 0 Å². The van der Waals surface area contributed by atoms with E-state index in [4.69, 9.17) is 4.74 Å². The fourth-order valence-electron chi connectivity index (χ4n) is 3.93. The number of ether oxygens (including phenoxy) is 1. The van der Waals surface area contributed by atoms with Gasteiger partial charge >= 0.3 is 0 Å². The van der Waals surface area contributed by atoms with Gasteiger partial charge in [-0.2, -0.15) is 0 Å². The maximum absolute atomic E-state index is 10.4. The summed E-state index contributed by atoms with van der Waals surface area (Å²) >= 11 is 0. The van der Waals surface area contributed by atoms with E-state index >= 15 is 0 Å². The topological polar surface area (TPSA) is 78.7 Å². The number of aryl methyl sites for hydroxylation is 1. The number of hydrogen-bond donors (Lipinski definition) is 2. The van der Waals surface area contributed by atoms with E-state index < -0.39 is 6.10 Å². The normalized spacial score (nSPS) is 16.6. The minimum Gasteiger partial charge on any atom is -0.491 e. The second-order valence-electron chi connectivity index (χ2n) is 8.13. The fraction of sp³-hybridized carbons (Fsp3) is 0.417. The Balaban J connectivity index is 1.34. The van der Waals surface area contributed by atoms with Crippen molar-refractivity contribution in [3.63, 3.8) is 0 Å². The van der Waals surface area contributed by atoms with Gasteiger partial charge in [-0.25, -0.2) is 9.97 Å². The number of benzene rings is 2. The van der Waals surface area contributed by atoms with Gasteiger partial charge in [0.15, 0.2) is 0 Å². The lowest BCUT2D eigenvalue weighted by Crippen LogP contribution is -2.41. The summed E-state index contributed by atoms with van der Waals surface area (Å²) < 4.78 is 5.85. The minimum absolute atomic E-state index is 0.266. The minimum atomic E-state index is -0.532. The predicted octanol–water partition coefficient (Wildman–Crippen LogP) is 3.05. The summed E-state index contributed by atoms with van der Waals surface area (Å²) in [6.07, 6.45) is 5.13. The van der Waals surface area contributed by atoms with E-state index in [1.807, 2.05) is 37.5 Å². The standard InChI is InChI=1S/C24H29N3O3/c1-17-25-12-22(13-26-17)20-2-3-21-11-24(5-4-19(21)10-20)30-16-23(29)14-27-8-6-18(15-28)7-9-27/h2-5,10-13,18,23,28-29H,6-9,14-16H2,1H3. The molecule has 1 fully saturated rings. The fourth-order valence-corrected chi connectivity index (χ4v) is 3.93. The van der Waals surface area contributed by atoms with Gasteiger partial charge in [-0.05, 0) is 73.3 Å². The molecular formula is C24H29N3O3. The molecule has 1 unspecified atom stereocenters. The summed E-state index contributed by atoms with van der Waals surface area (Å²) in [6.45, 7) is 4.86. The van der Waals surface area contributed by atoms with Gasteiger partial charge in [0, 0.05) is 31.1 Å². The molecule has 0 amide bonds. The van der Waals surface area contributed by atoms with Crippen molar-refractivity contribution in [1.82, 2.24) is 14.9 Å². The molecule has 0 radical (unpaired) electrons. The first-order valence-electron chi connectivity index (χ1n) is 10.6. The summed E-state index contributed by atoms with van der Waals surface area (Å²) in [7, 11) is 0. The molecule has 6 heteroatoms. The van der Waals surface area contributed by atoms with Crippen molar-refractivity contribution in [1.29, 1.82) is 0 Å². The number of rotatable bonds is 7. The molecule has 2 N–H and O–H groups in total. The molecule has 1 aliphatic heterocycles. The van der Waals surface area contributed by atoms with Crippen molar-refractivity contribution in [2.75, 3.05) is 32.8 Å². The summed E-state index contributed by atoms with van der Waals surface area (Å²) in [6, 6.07) is 12.2. The first kappa shape index (κ1) is 20.7. The second kappa shape index (κ2) is 9.51. The molecule has 1 aromatic heterocycles. The molecule has 1 atom stereocenters. The number of fused-ring (bicyclic) bond motifs is 1. The number of nitrogens with zero attached hydrogens (tertiary/aromatic N) is 3. The third-order valence-electron chi connectivity index (χ3n) is 5.80. The maximum atomic E-state index is 10.4. The van der Waals surface area contributed by atoms with Gasteiger partial charge in [0.25, 0.3) is 0 Å². The molecule has 30 heavy (non-hydrogen) atoms. The monoisotopic (exact) mass is 407 g/mol. The van der Waals surface area contributed by atoms with E-state index in [9.17, 15) is 10.2 Å². The Morgan fingerprint density at radius 3 is 2.47 bits per heavy atom. The van der Waals surface area contributed by atoms with Crippen LogP contribution >= 0.6 is 0 Å². The van der Waals surface area contributed by atoms with Gasteiger partial charge in [0.05, 0.1) is 0 Å². The third kappa shape index (κ3) is 5.14. The van der Waals surface area contributed by atoms with Crippen LogP contribution in [0.3, 0.4) is 0 Å². The Kier molecular flexibility index (Phi) is 6.57. The Labute approximate surface area is 177 Å². The van der Waals surface area contributed by atoms with E-state index in [0.29, 0.717) is 12.5 Å². The Hall–Kier alpha value is -2.54. The number of likely N-dealkylation sites (tertiary alicyclic amines) is 1. The van der Waals surface area contributed by atoms with Crippen molar-refractivity contribution in [3.05, 3.63) is 54.6 Å². The van der Waals surface area contributed by atoms with Gasteiger partial charge in [-0.1, -0.05) is 18.2 Å². The van der Waals surface area contributed by atoms with Crippen LogP contribution in [-0.4, -0.2) is 64.0 Å². The predicted molar refractivity (Wildman–Crippen MR) is 117 cm³/mol. The number of aliphatic hydroxyl groups is 2. The van der Waals surface area contributed by atoms with Crippen molar-refractivity contribution in [3.8, 4) is 16.9 Å². The molecule has 2 heterocycles. The molecule has 0 bridgehead atoms. The number of aliphatic hydroxyl groups excluding tert-OH is 2. The van der Waals surface area contributed by atoms with Gasteiger partial charge in [-0.15, -0.1) is 0 Å². The Morgan fingerprint density at radius 1 is 1.03 bits per heavy atom. The molecular weight excluding hydrogens is 378 g/mol. The van der Waals surface area contributed by atoms with Crippen LogP contribution in [0.25, 0.3) is 21.9 Å². The van der Waals surface area contributed by atoms with Crippen LogP contribution in [0, 0.1) is 12.8 Å². The van der Waals surface area contributed by atoms with Crippen LogP contribution in [0.4, 0.5) is 0 Å². The van der Waals surface area contributed by atoms with Crippen molar-refractivity contribution >= 4 is 10.8 Å². The molecule has 0 aliphatic carbocycles. The average molecular weight is 408 g/mol. The van der Waals surface area contributed by atoms with Crippen LogP contribution in [0.1, 0.15) is 18.7 Å². The maximum Gasteiger partial charge on any atom is 0.125 e. The molecule has 4 rings (SSSR count). The lowest BCUT2D eigenvalue weighted by Gasteiger charge is -2.32. The highest BCUT2D eigenvalue weighted by Gasteiger charge is 2.20. The van der Waals surface area contributed by atoms with Crippen molar-refractivity contribution in [2.45, 2.75) is 25.9 Å².